The summed E-state index contributed by atoms with van der Waals surface area (Å²) in [6, 6.07) is 16.1. The van der Waals surface area contributed by atoms with Gasteiger partial charge < -0.3 is 5.32 Å². The number of benzene rings is 2. The molecule has 1 heterocycles. The standard InChI is InChI=1S/C23H22FN3O/c24-20-12-10-18(11-13-20)23-19(15-25-22(28)14-17-6-4-5-7-17)16-27(26-23)21-8-2-1-3-9-21/h1-4,6,8-13,16-17H,5,7,14-15H2,(H,25,28)/t17-/m1/s1. The van der Waals surface area contributed by atoms with Crippen LogP contribution in [-0.2, 0) is 11.3 Å². The van der Waals surface area contributed by atoms with Crippen molar-refractivity contribution in [3.63, 3.8) is 0 Å². The maximum absolute atomic E-state index is 13.3. The number of aromatic nitrogens is 2. The Morgan fingerprint density at radius 2 is 1.93 bits per heavy atom. The average molecular weight is 375 g/mol. The number of rotatable bonds is 6. The number of amides is 1. The molecule has 1 aliphatic rings. The number of para-hydroxylation sites is 1. The minimum Gasteiger partial charge on any atom is -0.352 e. The predicted octanol–water partition coefficient (Wildman–Crippen LogP) is 4.65. The lowest BCUT2D eigenvalue weighted by atomic mass is 10.0. The van der Waals surface area contributed by atoms with Crippen LogP contribution in [0.5, 0.6) is 0 Å². The molecule has 1 atom stereocenters. The monoisotopic (exact) mass is 375 g/mol. The Balaban J connectivity index is 1.57. The molecule has 0 radical (unpaired) electrons. The van der Waals surface area contributed by atoms with Crippen LogP contribution in [0.25, 0.3) is 16.9 Å². The van der Waals surface area contributed by atoms with E-state index in [-0.39, 0.29) is 11.7 Å². The molecular formula is C23H22FN3O. The Hall–Kier alpha value is -3.21. The van der Waals surface area contributed by atoms with Crippen LogP contribution in [0.3, 0.4) is 0 Å². The zero-order valence-corrected chi connectivity index (χ0v) is 15.5. The molecule has 2 aromatic carbocycles. The minimum absolute atomic E-state index is 0.0362. The van der Waals surface area contributed by atoms with Crippen LogP contribution < -0.4 is 5.32 Å². The zero-order valence-electron chi connectivity index (χ0n) is 15.5. The molecule has 0 fully saturated rings. The lowest BCUT2D eigenvalue weighted by molar-refractivity contribution is -0.121. The Kier molecular flexibility index (Phi) is 5.33. The van der Waals surface area contributed by atoms with Crippen molar-refractivity contribution in [2.75, 3.05) is 0 Å². The van der Waals surface area contributed by atoms with E-state index in [4.69, 9.17) is 5.10 Å². The summed E-state index contributed by atoms with van der Waals surface area (Å²) < 4.78 is 15.1. The van der Waals surface area contributed by atoms with Gasteiger partial charge in [0.2, 0.25) is 5.91 Å². The molecule has 4 nitrogen and oxygen atoms in total. The molecule has 5 heteroatoms. The van der Waals surface area contributed by atoms with E-state index >= 15 is 0 Å². The van der Waals surface area contributed by atoms with Gasteiger partial charge in [-0.15, -0.1) is 0 Å². The van der Waals surface area contributed by atoms with E-state index in [1.165, 1.54) is 12.1 Å². The third-order valence-electron chi connectivity index (χ3n) is 4.96. The Morgan fingerprint density at radius 3 is 2.64 bits per heavy atom. The van der Waals surface area contributed by atoms with Gasteiger partial charge in [0.15, 0.2) is 0 Å². The van der Waals surface area contributed by atoms with Gasteiger partial charge in [-0.25, -0.2) is 9.07 Å². The molecule has 0 saturated carbocycles. The molecule has 3 aromatic rings. The van der Waals surface area contributed by atoms with Gasteiger partial charge in [0.05, 0.1) is 11.4 Å². The topological polar surface area (TPSA) is 46.9 Å². The molecule has 4 rings (SSSR count). The summed E-state index contributed by atoms with van der Waals surface area (Å²) in [6.07, 6.45) is 8.78. The number of allylic oxidation sites excluding steroid dienone is 2. The fourth-order valence-corrected chi connectivity index (χ4v) is 3.47. The van der Waals surface area contributed by atoms with Crippen LogP contribution in [0, 0.1) is 11.7 Å². The third-order valence-corrected chi connectivity index (χ3v) is 4.96. The first-order chi connectivity index (χ1) is 13.7. The smallest absolute Gasteiger partial charge is 0.220 e. The van der Waals surface area contributed by atoms with Gasteiger partial charge in [0.25, 0.3) is 0 Å². The van der Waals surface area contributed by atoms with Crippen molar-refractivity contribution in [3.05, 3.63) is 84.3 Å². The summed E-state index contributed by atoms with van der Waals surface area (Å²) in [4.78, 5) is 12.3. The molecule has 142 valence electrons. The van der Waals surface area contributed by atoms with Crippen molar-refractivity contribution in [3.8, 4) is 16.9 Å². The van der Waals surface area contributed by atoms with Crippen LogP contribution in [-0.4, -0.2) is 15.7 Å². The maximum atomic E-state index is 13.3. The van der Waals surface area contributed by atoms with Crippen molar-refractivity contribution in [1.82, 2.24) is 15.1 Å². The van der Waals surface area contributed by atoms with E-state index in [1.54, 1.807) is 16.8 Å². The summed E-state index contributed by atoms with van der Waals surface area (Å²) in [7, 11) is 0. The first-order valence-corrected chi connectivity index (χ1v) is 9.52. The van der Waals surface area contributed by atoms with Crippen LogP contribution in [0.4, 0.5) is 4.39 Å². The van der Waals surface area contributed by atoms with Crippen LogP contribution >= 0.6 is 0 Å². The fraction of sp³-hybridized carbons (Fsp3) is 0.217. The zero-order chi connectivity index (χ0) is 19.3. The molecule has 0 aliphatic heterocycles. The summed E-state index contributed by atoms with van der Waals surface area (Å²) >= 11 is 0. The lowest BCUT2D eigenvalue weighted by Crippen LogP contribution is -2.24. The van der Waals surface area contributed by atoms with E-state index in [2.05, 4.69) is 17.5 Å². The molecular weight excluding hydrogens is 353 g/mol. The predicted molar refractivity (Wildman–Crippen MR) is 107 cm³/mol. The van der Waals surface area contributed by atoms with Gasteiger partial charge in [0.1, 0.15) is 5.82 Å². The normalized spacial score (nSPS) is 15.7. The number of carbonyl (C=O) groups excluding carboxylic acids is 1. The largest absolute Gasteiger partial charge is 0.352 e. The minimum atomic E-state index is -0.286. The molecule has 0 bridgehead atoms. The molecule has 0 spiro atoms. The highest BCUT2D eigenvalue weighted by molar-refractivity contribution is 5.77. The van der Waals surface area contributed by atoms with Gasteiger partial charge in [-0.05, 0) is 55.2 Å². The number of hydrogen-bond acceptors (Lipinski definition) is 2. The first-order valence-electron chi connectivity index (χ1n) is 9.52. The van der Waals surface area contributed by atoms with Crippen molar-refractivity contribution < 1.29 is 9.18 Å². The Labute approximate surface area is 163 Å². The first kappa shape index (κ1) is 18.2. The highest BCUT2D eigenvalue weighted by atomic mass is 19.1. The number of carbonyl (C=O) groups is 1. The number of hydrogen-bond donors (Lipinski definition) is 1. The highest BCUT2D eigenvalue weighted by Crippen LogP contribution is 2.25. The van der Waals surface area contributed by atoms with E-state index in [0.717, 1.165) is 35.3 Å². The van der Waals surface area contributed by atoms with Gasteiger partial charge >= 0.3 is 0 Å². The van der Waals surface area contributed by atoms with Crippen molar-refractivity contribution in [1.29, 1.82) is 0 Å². The summed E-state index contributed by atoms with van der Waals surface area (Å²) in [6.45, 7) is 0.384. The van der Waals surface area contributed by atoms with Crippen LogP contribution in [0.15, 0.2) is 72.9 Å². The van der Waals surface area contributed by atoms with E-state index in [0.29, 0.717) is 18.9 Å². The quantitative estimate of drug-likeness (QED) is 0.638. The van der Waals surface area contributed by atoms with E-state index < -0.39 is 0 Å². The number of nitrogens with zero attached hydrogens (tertiary/aromatic N) is 2. The highest BCUT2D eigenvalue weighted by Gasteiger charge is 2.16. The van der Waals surface area contributed by atoms with Crippen molar-refractivity contribution >= 4 is 5.91 Å². The van der Waals surface area contributed by atoms with Gasteiger partial charge in [-0.1, -0.05) is 30.4 Å². The molecule has 28 heavy (non-hydrogen) atoms. The average Bonchev–Trinajstić information content (AvgIpc) is 3.38. The molecule has 1 amide bonds. The Morgan fingerprint density at radius 1 is 1.14 bits per heavy atom. The van der Waals surface area contributed by atoms with Crippen LogP contribution in [0.1, 0.15) is 24.8 Å². The second-order valence-corrected chi connectivity index (χ2v) is 7.04. The lowest BCUT2D eigenvalue weighted by Gasteiger charge is -2.09. The molecule has 1 N–H and O–H groups in total. The summed E-state index contributed by atoms with van der Waals surface area (Å²) in [5.41, 5.74) is 3.38. The number of halogens is 1. The van der Waals surface area contributed by atoms with E-state index in [9.17, 15) is 9.18 Å². The van der Waals surface area contributed by atoms with Crippen molar-refractivity contribution in [2.24, 2.45) is 5.92 Å². The SMILES string of the molecule is O=C(C[C@@H]1C=CCC1)NCc1cn(-c2ccccc2)nc1-c1ccc(F)cc1. The Bertz CT molecular complexity index is 977. The van der Waals surface area contributed by atoms with Gasteiger partial charge in [0, 0.05) is 30.3 Å². The summed E-state index contributed by atoms with van der Waals surface area (Å²) in [5.74, 6) is 0.0865. The fourth-order valence-electron chi connectivity index (χ4n) is 3.47. The van der Waals surface area contributed by atoms with Crippen LogP contribution in [0.2, 0.25) is 0 Å². The van der Waals surface area contributed by atoms with Gasteiger partial charge in [-0.2, -0.15) is 5.10 Å². The molecule has 0 unspecified atom stereocenters. The van der Waals surface area contributed by atoms with Crippen molar-refractivity contribution in [2.45, 2.75) is 25.8 Å². The van der Waals surface area contributed by atoms with E-state index in [1.807, 2.05) is 36.5 Å². The maximum Gasteiger partial charge on any atom is 0.220 e. The van der Waals surface area contributed by atoms with Gasteiger partial charge in [-0.3, -0.25) is 4.79 Å². The third kappa shape index (κ3) is 4.19. The summed E-state index contributed by atoms with van der Waals surface area (Å²) in [5, 5.41) is 7.71. The second-order valence-electron chi connectivity index (χ2n) is 7.04. The second kappa shape index (κ2) is 8.21. The molecule has 1 aromatic heterocycles. The molecule has 1 aliphatic carbocycles. The number of nitrogens with one attached hydrogen (secondary N) is 1. The molecule has 0 saturated heterocycles.